The largest absolute Gasteiger partial charge is 0.433 e. The number of likely N-dealkylation sites (tertiary alicyclic amines) is 1. The van der Waals surface area contributed by atoms with Crippen molar-refractivity contribution in [2.75, 3.05) is 26.7 Å². The van der Waals surface area contributed by atoms with Crippen LogP contribution in [0.4, 0.5) is 8.78 Å². The first-order valence-electron chi connectivity index (χ1n) is 6.58. The number of nitrogens with one attached hydrogen (secondary N) is 1. The minimum atomic E-state index is -2.91. The van der Waals surface area contributed by atoms with Crippen LogP contribution in [-0.4, -0.2) is 44.1 Å². The van der Waals surface area contributed by atoms with E-state index in [1.54, 1.807) is 10.3 Å². The van der Waals surface area contributed by atoms with Gasteiger partial charge in [-0.1, -0.05) is 0 Å². The van der Waals surface area contributed by atoms with Gasteiger partial charge >= 0.3 is 6.61 Å². The summed E-state index contributed by atoms with van der Waals surface area (Å²) < 4.78 is 29.0. The van der Waals surface area contributed by atoms with Gasteiger partial charge in [0.1, 0.15) is 10.6 Å². The SMILES string of the molecule is CNCC1CCCN(C(=O)c2sccc2OC(F)F)C1. The Kier molecular flexibility index (Phi) is 5.31. The molecule has 112 valence electrons. The first kappa shape index (κ1) is 15.2. The van der Waals surface area contributed by atoms with E-state index in [9.17, 15) is 13.6 Å². The molecule has 1 aromatic heterocycles. The number of thiophene rings is 1. The van der Waals surface area contributed by atoms with Crippen LogP contribution in [0.25, 0.3) is 0 Å². The predicted octanol–water partition coefficient (Wildman–Crippen LogP) is 2.42. The van der Waals surface area contributed by atoms with Crippen molar-refractivity contribution < 1.29 is 18.3 Å². The second-order valence-corrected chi connectivity index (χ2v) is 5.73. The van der Waals surface area contributed by atoms with Crippen molar-refractivity contribution >= 4 is 17.2 Å². The minimum Gasteiger partial charge on any atom is -0.433 e. The molecule has 1 atom stereocenters. The molecule has 0 aliphatic carbocycles. The van der Waals surface area contributed by atoms with Gasteiger partial charge < -0.3 is 15.0 Å². The maximum Gasteiger partial charge on any atom is 0.387 e. The van der Waals surface area contributed by atoms with Gasteiger partial charge in [0.05, 0.1) is 0 Å². The van der Waals surface area contributed by atoms with Gasteiger partial charge in [-0.2, -0.15) is 8.78 Å². The van der Waals surface area contributed by atoms with Gasteiger partial charge in [-0.3, -0.25) is 4.79 Å². The quantitative estimate of drug-likeness (QED) is 0.908. The van der Waals surface area contributed by atoms with Crippen LogP contribution >= 0.6 is 11.3 Å². The summed E-state index contributed by atoms with van der Waals surface area (Å²) in [7, 11) is 1.88. The summed E-state index contributed by atoms with van der Waals surface area (Å²) in [5, 5.41) is 4.71. The van der Waals surface area contributed by atoms with Gasteiger partial charge in [0.25, 0.3) is 5.91 Å². The smallest absolute Gasteiger partial charge is 0.387 e. The molecule has 1 unspecified atom stereocenters. The van der Waals surface area contributed by atoms with Crippen LogP contribution in [0.2, 0.25) is 0 Å². The Hall–Kier alpha value is -1.21. The second-order valence-electron chi connectivity index (χ2n) is 4.81. The van der Waals surface area contributed by atoms with Crippen molar-refractivity contribution in [3.05, 3.63) is 16.3 Å². The van der Waals surface area contributed by atoms with E-state index in [4.69, 9.17) is 0 Å². The standard InChI is InChI=1S/C13H18F2N2O2S/c1-16-7-9-3-2-5-17(8-9)12(18)11-10(4-6-20-11)19-13(14)15/h4,6,9,13,16H,2-3,5,7-8H2,1H3. The van der Waals surface area contributed by atoms with Crippen LogP contribution in [0.1, 0.15) is 22.5 Å². The van der Waals surface area contributed by atoms with Gasteiger partial charge in [-0.05, 0) is 43.8 Å². The molecule has 1 aliphatic heterocycles. The lowest BCUT2D eigenvalue weighted by molar-refractivity contribution is -0.0499. The van der Waals surface area contributed by atoms with Crippen LogP contribution in [0.5, 0.6) is 5.75 Å². The predicted molar refractivity (Wildman–Crippen MR) is 73.5 cm³/mol. The average molecular weight is 304 g/mol. The second kappa shape index (κ2) is 6.99. The van der Waals surface area contributed by atoms with E-state index >= 15 is 0 Å². The number of piperidine rings is 1. The molecule has 1 fully saturated rings. The van der Waals surface area contributed by atoms with E-state index in [2.05, 4.69) is 10.1 Å². The van der Waals surface area contributed by atoms with Crippen molar-refractivity contribution in [1.82, 2.24) is 10.2 Å². The van der Waals surface area contributed by atoms with Crippen molar-refractivity contribution in [2.24, 2.45) is 5.92 Å². The maximum atomic E-state index is 12.4. The number of carbonyl (C=O) groups is 1. The molecule has 2 heterocycles. The molecule has 0 aromatic carbocycles. The molecule has 0 radical (unpaired) electrons. The Morgan fingerprint density at radius 1 is 1.65 bits per heavy atom. The average Bonchev–Trinajstić information content (AvgIpc) is 2.86. The van der Waals surface area contributed by atoms with Gasteiger partial charge in [-0.15, -0.1) is 11.3 Å². The number of nitrogens with zero attached hydrogens (tertiary/aromatic N) is 1. The van der Waals surface area contributed by atoms with Crippen molar-refractivity contribution in [2.45, 2.75) is 19.5 Å². The molecule has 0 bridgehead atoms. The van der Waals surface area contributed by atoms with Crippen LogP contribution < -0.4 is 10.1 Å². The summed E-state index contributed by atoms with van der Waals surface area (Å²) in [5.41, 5.74) is 0. The number of halogens is 2. The summed E-state index contributed by atoms with van der Waals surface area (Å²) in [6, 6.07) is 1.42. The van der Waals surface area contributed by atoms with Crippen molar-refractivity contribution in [3.63, 3.8) is 0 Å². The van der Waals surface area contributed by atoms with Gasteiger partial charge in [0.2, 0.25) is 0 Å². The van der Waals surface area contributed by atoms with E-state index < -0.39 is 6.61 Å². The highest BCUT2D eigenvalue weighted by atomic mass is 32.1. The summed E-state index contributed by atoms with van der Waals surface area (Å²) >= 11 is 1.14. The Morgan fingerprint density at radius 2 is 2.45 bits per heavy atom. The molecule has 0 spiro atoms. The molecule has 2 rings (SSSR count). The highest BCUT2D eigenvalue weighted by molar-refractivity contribution is 7.12. The molecular formula is C13H18F2N2O2S. The lowest BCUT2D eigenvalue weighted by Crippen LogP contribution is -2.42. The van der Waals surface area contributed by atoms with Crippen LogP contribution in [0.15, 0.2) is 11.4 Å². The van der Waals surface area contributed by atoms with E-state index in [1.165, 1.54) is 6.07 Å². The highest BCUT2D eigenvalue weighted by Crippen LogP contribution is 2.29. The number of carbonyl (C=O) groups excluding carboxylic acids is 1. The molecule has 1 aromatic rings. The Labute approximate surface area is 120 Å². The third kappa shape index (κ3) is 3.67. The lowest BCUT2D eigenvalue weighted by atomic mass is 9.98. The van der Waals surface area contributed by atoms with Gasteiger partial charge in [-0.25, -0.2) is 0 Å². The van der Waals surface area contributed by atoms with Gasteiger partial charge in [0.15, 0.2) is 0 Å². The zero-order valence-corrected chi connectivity index (χ0v) is 12.1. The molecular weight excluding hydrogens is 286 g/mol. The Morgan fingerprint density at radius 3 is 3.15 bits per heavy atom. The third-order valence-electron chi connectivity index (χ3n) is 3.34. The summed E-state index contributed by atoms with van der Waals surface area (Å²) in [4.78, 5) is 14.4. The zero-order chi connectivity index (χ0) is 14.5. The Balaban J connectivity index is 2.05. The molecule has 1 aliphatic rings. The number of alkyl halides is 2. The van der Waals surface area contributed by atoms with Crippen LogP contribution in [-0.2, 0) is 0 Å². The van der Waals surface area contributed by atoms with E-state index in [1.807, 2.05) is 7.05 Å². The number of hydrogen-bond donors (Lipinski definition) is 1. The first-order valence-corrected chi connectivity index (χ1v) is 7.46. The van der Waals surface area contributed by atoms with Crippen molar-refractivity contribution in [3.8, 4) is 5.75 Å². The van der Waals surface area contributed by atoms with E-state index in [-0.39, 0.29) is 16.5 Å². The summed E-state index contributed by atoms with van der Waals surface area (Å²) in [5.74, 6) is 0.180. The summed E-state index contributed by atoms with van der Waals surface area (Å²) in [6.07, 6.45) is 2.02. The Bertz CT molecular complexity index is 451. The molecule has 20 heavy (non-hydrogen) atoms. The van der Waals surface area contributed by atoms with Gasteiger partial charge in [0, 0.05) is 13.1 Å². The van der Waals surface area contributed by atoms with Crippen LogP contribution in [0, 0.1) is 5.92 Å². The van der Waals surface area contributed by atoms with Crippen molar-refractivity contribution in [1.29, 1.82) is 0 Å². The highest BCUT2D eigenvalue weighted by Gasteiger charge is 2.27. The molecule has 1 amide bonds. The lowest BCUT2D eigenvalue weighted by Gasteiger charge is -2.32. The number of hydrogen-bond acceptors (Lipinski definition) is 4. The molecule has 4 nitrogen and oxygen atoms in total. The zero-order valence-electron chi connectivity index (χ0n) is 11.3. The first-order chi connectivity index (χ1) is 9.61. The van der Waals surface area contributed by atoms with Crippen LogP contribution in [0.3, 0.4) is 0 Å². The maximum absolute atomic E-state index is 12.4. The normalized spacial score (nSPS) is 19.4. The molecule has 1 saturated heterocycles. The van der Waals surface area contributed by atoms with E-state index in [0.717, 1.165) is 30.7 Å². The fraction of sp³-hybridized carbons (Fsp3) is 0.615. The van der Waals surface area contributed by atoms with E-state index in [0.29, 0.717) is 19.0 Å². The number of ether oxygens (including phenoxy) is 1. The fourth-order valence-corrected chi connectivity index (χ4v) is 3.28. The molecule has 1 N–H and O–H groups in total. The fourth-order valence-electron chi connectivity index (χ4n) is 2.49. The monoisotopic (exact) mass is 304 g/mol. The third-order valence-corrected chi connectivity index (χ3v) is 4.22. The molecule has 0 saturated carbocycles. The summed E-state index contributed by atoms with van der Waals surface area (Å²) in [6.45, 7) is -0.722. The molecule has 7 heteroatoms. The number of amides is 1. The number of rotatable bonds is 5. The topological polar surface area (TPSA) is 41.6 Å². The minimum absolute atomic E-state index is 0.0225.